The van der Waals surface area contributed by atoms with Crippen LogP contribution in [-0.4, -0.2) is 6.26 Å². The topological polar surface area (TPSA) is 0 Å². The van der Waals surface area contributed by atoms with Gasteiger partial charge in [-0.1, -0.05) is 0 Å². The molecule has 0 radical (unpaired) electrons. The zero-order valence-corrected chi connectivity index (χ0v) is 6.45. The zero-order valence-electron chi connectivity index (χ0n) is 2.82. The number of hydrogen-bond donors (Lipinski definition) is 0. The molecular formula is CH3NaS2. The van der Waals surface area contributed by atoms with Gasteiger partial charge in [0.05, 0.1) is 0 Å². The second-order valence-corrected chi connectivity index (χ2v) is 1.50. The van der Waals surface area contributed by atoms with E-state index in [9.17, 15) is 0 Å². The third-order valence-electron chi connectivity index (χ3n) is 0. The summed E-state index contributed by atoms with van der Waals surface area (Å²) in [6.07, 6.45) is 1.86. The summed E-state index contributed by atoms with van der Waals surface area (Å²) in [6, 6.07) is 0. The van der Waals surface area contributed by atoms with Crippen molar-refractivity contribution in [1.29, 1.82) is 0 Å². The molecule has 0 aromatic rings. The molecule has 0 saturated carbocycles. The van der Waals surface area contributed by atoms with E-state index in [0.29, 0.717) is 0 Å². The van der Waals surface area contributed by atoms with Gasteiger partial charge in [0, 0.05) is 0 Å². The van der Waals surface area contributed by atoms with Crippen molar-refractivity contribution in [2.24, 2.45) is 0 Å². The van der Waals surface area contributed by atoms with Crippen molar-refractivity contribution in [3.63, 3.8) is 0 Å². The predicted octanol–water partition coefficient (Wildman–Crippen LogP) is -2.18. The maximum absolute atomic E-state index is 4.31. The summed E-state index contributed by atoms with van der Waals surface area (Å²) in [4.78, 5) is 0. The van der Waals surface area contributed by atoms with Crippen LogP contribution in [-0.2, 0) is 11.7 Å². The van der Waals surface area contributed by atoms with Crippen LogP contribution in [0.5, 0.6) is 0 Å². The van der Waals surface area contributed by atoms with E-state index < -0.39 is 0 Å². The summed E-state index contributed by atoms with van der Waals surface area (Å²) in [5.41, 5.74) is 0. The van der Waals surface area contributed by atoms with Crippen LogP contribution in [0.4, 0.5) is 0 Å². The van der Waals surface area contributed by atoms with Crippen molar-refractivity contribution >= 4 is 22.5 Å². The predicted molar refractivity (Wildman–Crippen MR) is 20.9 cm³/mol. The van der Waals surface area contributed by atoms with E-state index in [1.165, 1.54) is 10.8 Å². The molecule has 20 valence electrons. The van der Waals surface area contributed by atoms with Crippen LogP contribution in [0.1, 0.15) is 0 Å². The van der Waals surface area contributed by atoms with E-state index in [1.54, 1.807) is 0 Å². The SMILES string of the molecule is CS[S-].[Na+]. The quantitative estimate of drug-likeness (QED) is 0.194. The maximum Gasteiger partial charge on any atom is 1.00 e. The van der Waals surface area contributed by atoms with Crippen LogP contribution < -0.4 is 29.6 Å². The zero-order chi connectivity index (χ0) is 2.71. The van der Waals surface area contributed by atoms with Gasteiger partial charge in [0.2, 0.25) is 0 Å². The van der Waals surface area contributed by atoms with Crippen molar-refractivity contribution in [3.8, 4) is 0 Å². The van der Waals surface area contributed by atoms with Crippen molar-refractivity contribution in [3.05, 3.63) is 0 Å². The minimum absolute atomic E-state index is 0. The fourth-order valence-corrected chi connectivity index (χ4v) is 0. The van der Waals surface area contributed by atoms with Gasteiger partial charge in [-0.3, -0.25) is 0 Å². The molecule has 0 aliphatic carbocycles. The van der Waals surface area contributed by atoms with Crippen LogP contribution in [0.15, 0.2) is 0 Å². The molecule has 0 aliphatic rings. The van der Waals surface area contributed by atoms with E-state index in [4.69, 9.17) is 0 Å². The van der Waals surface area contributed by atoms with Gasteiger partial charge < -0.3 is 22.5 Å². The standard InChI is InChI=1S/CH4S2.Na/c1-3-2;/h2H,1H3;/q;+1/p-1. The van der Waals surface area contributed by atoms with Crippen LogP contribution in [0.25, 0.3) is 0 Å². The summed E-state index contributed by atoms with van der Waals surface area (Å²) >= 11 is 4.31. The molecular weight excluding hydrogens is 99.1 g/mol. The van der Waals surface area contributed by atoms with Gasteiger partial charge in [-0.25, -0.2) is 0 Å². The van der Waals surface area contributed by atoms with E-state index in [0.717, 1.165) is 0 Å². The molecule has 0 bridgehead atoms. The monoisotopic (exact) mass is 102 g/mol. The van der Waals surface area contributed by atoms with Gasteiger partial charge in [0.1, 0.15) is 0 Å². The molecule has 0 N–H and O–H groups in total. The van der Waals surface area contributed by atoms with Gasteiger partial charge in [-0.2, -0.15) is 0 Å². The van der Waals surface area contributed by atoms with Crippen molar-refractivity contribution < 1.29 is 29.6 Å². The minimum Gasteiger partial charge on any atom is -0.719 e. The Hall–Kier alpha value is 1.70. The molecule has 0 nitrogen and oxygen atoms in total. The van der Waals surface area contributed by atoms with Crippen LogP contribution in [0.2, 0.25) is 0 Å². The molecule has 0 aromatic heterocycles. The molecule has 0 unspecified atom stereocenters. The van der Waals surface area contributed by atoms with Crippen molar-refractivity contribution in [2.45, 2.75) is 0 Å². The smallest absolute Gasteiger partial charge is 0.719 e. The first-order chi connectivity index (χ1) is 1.41. The first kappa shape index (κ1) is 9.20. The molecule has 0 heterocycles. The molecule has 0 rings (SSSR count). The van der Waals surface area contributed by atoms with Gasteiger partial charge in [-0.15, -0.1) is 0 Å². The van der Waals surface area contributed by atoms with Gasteiger partial charge in [-0.05, 0) is 6.26 Å². The average molecular weight is 102 g/mol. The largest absolute Gasteiger partial charge is 1.00 e. The van der Waals surface area contributed by atoms with Crippen LogP contribution >= 0.6 is 10.8 Å². The molecule has 0 spiro atoms. The van der Waals surface area contributed by atoms with Gasteiger partial charge in [0.25, 0.3) is 0 Å². The van der Waals surface area contributed by atoms with E-state index >= 15 is 0 Å². The van der Waals surface area contributed by atoms with Gasteiger partial charge >= 0.3 is 29.6 Å². The summed E-state index contributed by atoms with van der Waals surface area (Å²) in [6.45, 7) is 0. The summed E-state index contributed by atoms with van der Waals surface area (Å²) in [5, 5.41) is 0. The third kappa shape index (κ3) is 9.33. The normalized spacial score (nSPS) is 4.50. The first-order valence-corrected chi connectivity index (χ1v) is 2.72. The van der Waals surface area contributed by atoms with Crippen molar-refractivity contribution in [1.82, 2.24) is 0 Å². The van der Waals surface area contributed by atoms with Crippen LogP contribution in [0, 0.1) is 0 Å². The van der Waals surface area contributed by atoms with Crippen molar-refractivity contribution in [2.75, 3.05) is 6.26 Å². The summed E-state index contributed by atoms with van der Waals surface area (Å²) < 4.78 is 0. The summed E-state index contributed by atoms with van der Waals surface area (Å²) in [7, 11) is 1.33. The van der Waals surface area contributed by atoms with Gasteiger partial charge in [0.15, 0.2) is 0 Å². The Bertz CT molecular complexity index is 6.00. The molecule has 4 heavy (non-hydrogen) atoms. The molecule has 0 saturated heterocycles. The molecule has 0 fully saturated rings. The summed E-state index contributed by atoms with van der Waals surface area (Å²) in [5.74, 6) is 0. The fourth-order valence-electron chi connectivity index (χ4n) is 0. The Morgan fingerprint density at radius 3 is 1.75 bits per heavy atom. The molecule has 0 amide bonds. The Morgan fingerprint density at radius 1 is 1.75 bits per heavy atom. The fraction of sp³-hybridized carbons (Fsp3) is 1.00. The third-order valence-corrected chi connectivity index (χ3v) is 0. The molecule has 3 heteroatoms. The molecule has 0 aromatic carbocycles. The average Bonchev–Trinajstić information content (AvgIpc) is 0.918. The second kappa shape index (κ2) is 8.83. The van der Waals surface area contributed by atoms with Crippen LogP contribution in [0.3, 0.4) is 0 Å². The Kier molecular flexibility index (Phi) is 20.3. The first-order valence-electron chi connectivity index (χ1n) is 0.575. The Morgan fingerprint density at radius 2 is 1.75 bits per heavy atom. The Balaban J connectivity index is 0. The van der Waals surface area contributed by atoms with E-state index in [-0.39, 0.29) is 29.6 Å². The second-order valence-electron chi connectivity index (χ2n) is 0.167. The van der Waals surface area contributed by atoms with E-state index in [1.807, 2.05) is 6.26 Å². The Labute approximate surface area is 57.8 Å². The maximum atomic E-state index is 4.31. The number of rotatable bonds is 0. The number of hydrogen-bond acceptors (Lipinski definition) is 2. The van der Waals surface area contributed by atoms with E-state index in [2.05, 4.69) is 11.7 Å². The molecule has 0 atom stereocenters. The minimum atomic E-state index is 0. The molecule has 0 aliphatic heterocycles.